The lowest BCUT2D eigenvalue weighted by Crippen LogP contribution is -2.63. The zero-order valence-corrected chi connectivity index (χ0v) is 14.8. The Labute approximate surface area is 113 Å². The Balaban J connectivity index is 5.20. The van der Waals surface area contributed by atoms with Gasteiger partial charge in [-0.05, 0) is 0 Å². The van der Waals surface area contributed by atoms with Crippen molar-refractivity contribution in [3.05, 3.63) is 0 Å². The molecule has 0 N–H and O–H groups in total. The predicted molar refractivity (Wildman–Crippen MR) is 73.6 cm³/mol. The molecule has 0 fully saturated rings. The molecule has 0 radical (unpaired) electrons. The van der Waals surface area contributed by atoms with E-state index in [1.165, 1.54) is 0 Å². The van der Waals surface area contributed by atoms with E-state index in [0.29, 0.717) is 13.9 Å². The van der Waals surface area contributed by atoms with Gasteiger partial charge in [-0.3, -0.25) is 0 Å². The van der Waals surface area contributed by atoms with E-state index in [1.54, 1.807) is 0 Å². The number of hydrogen-bond donors (Lipinski definition) is 0. The fourth-order valence-corrected chi connectivity index (χ4v) is 4.49. The molecule has 6 nitrogen and oxygen atoms in total. The van der Waals surface area contributed by atoms with Gasteiger partial charge in [0.1, 0.15) is 0 Å². The van der Waals surface area contributed by atoms with Crippen LogP contribution in [0, 0.1) is 0 Å². The van der Waals surface area contributed by atoms with Crippen molar-refractivity contribution >= 4 is 8.80 Å². The topological polar surface area (TPSA) is 27.7 Å². The first kappa shape index (κ1) is 18.0. The largest absolute Gasteiger partial charge is 0.658 e. The second-order valence-electron chi connectivity index (χ2n) is 6.98. The summed E-state index contributed by atoms with van der Waals surface area (Å²) in [6, 6.07) is 0.730. The number of rotatable bonds is 7. The molecule has 0 aliphatic heterocycles. The Morgan fingerprint density at radius 1 is 0.611 bits per heavy atom. The molecule has 0 saturated carbocycles. The van der Waals surface area contributed by atoms with Gasteiger partial charge in [-0.25, -0.2) is 0 Å². The molecule has 0 saturated heterocycles. The maximum atomic E-state index is 6.13. The third-order valence-corrected chi connectivity index (χ3v) is 5.02. The monoisotopic (exact) mass is 282 g/mol. The Bertz CT molecular complexity index is 225. The molecule has 7 heteroatoms. The van der Waals surface area contributed by atoms with Crippen LogP contribution in [-0.2, 0) is 13.6 Å². The van der Waals surface area contributed by atoms with Gasteiger partial charge in [0.05, 0.1) is 63.4 Å². The number of nitrogens with zero attached hydrogens (tertiary/aromatic N) is 3. The van der Waals surface area contributed by atoms with Crippen molar-refractivity contribution in [3.8, 4) is 0 Å². The van der Waals surface area contributed by atoms with Gasteiger partial charge >= 0.3 is 8.80 Å². The molecule has 110 valence electrons. The number of hydroxylamine groups is 9. The van der Waals surface area contributed by atoms with Crippen LogP contribution in [0.1, 0.15) is 6.92 Å². The van der Waals surface area contributed by atoms with Gasteiger partial charge in [0.25, 0.3) is 0 Å². The molecule has 0 rings (SSSR count). The highest BCUT2D eigenvalue weighted by atomic mass is 28.4. The molecule has 18 heavy (non-hydrogen) atoms. The Morgan fingerprint density at radius 3 is 0.944 bits per heavy atom. The summed E-state index contributed by atoms with van der Waals surface area (Å²) < 4.78 is 19.5. The van der Waals surface area contributed by atoms with Crippen molar-refractivity contribution in [2.24, 2.45) is 0 Å². The van der Waals surface area contributed by atoms with Gasteiger partial charge in [-0.2, -0.15) is 27.5 Å². The zero-order valence-electron chi connectivity index (χ0n) is 13.8. The average Bonchev–Trinajstić information content (AvgIpc) is 1.93. The lowest BCUT2D eigenvalue weighted by atomic mass is 11.0. The van der Waals surface area contributed by atoms with Gasteiger partial charge in [-0.15, -0.1) is 0 Å². The molecule has 0 aromatic carbocycles. The molecule has 0 heterocycles. The van der Waals surface area contributed by atoms with Crippen LogP contribution < -0.4 is 0 Å². The SMILES string of the molecule is CC[Si](O[N+](C)(C)C)(O[N+](C)(C)C)O[N+](C)(C)C. The second-order valence-corrected chi connectivity index (χ2v) is 9.60. The number of hydrogen-bond acceptors (Lipinski definition) is 3. The minimum absolute atomic E-state index is 0.361. The van der Waals surface area contributed by atoms with E-state index < -0.39 is 8.80 Å². The van der Waals surface area contributed by atoms with E-state index in [2.05, 4.69) is 0 Å². The third-order valence-electron chi connectivity index (χ3n) is 1.67. The average molecular weight is 282 g/mol. The standard InChI is InChI=1S/C11H32N3O3Si/c1-11-18(15-12(2,3)4,16-13(5,6)7)17-14(8,9)10/h11H2,1-10H3/q+3. The van der Waals surface area contributed by atoms with Crippen molar-refractivity contribution in [2.45, 2.75) is 13.0 Å². The maximum absolute atomic E-state index is 6.13. The maximum Gasteiger partial charge on any atom is 0.658 e. The molecule has 0 aromatic heterocycles. The summed E-state index contributed by atoms with van der Waals surface area (Å²) in [6.07, 6.45) is 0. The summed E-state index contributed by atoms with van der Waals surface area (Å²) in [4.78, 5) is 0. The first-order chi connectivity index (χ1) is 7.68. The Kier molecular flexibility index (Phi) is 5.53. The fourth-order valence-electron chi connectivity index (χ4n) is 1.50. The van der Waals surface area contributed by atoms with Crippen LogP contribution in [0.3, 0.4) is 0 Å². The minimum atomic E-state index is -2.76. The lowest BCUT2D eigenvalue weighted by molar-refractivity contribution is -1.10. The van der Waals surface area contributed by atoms with Gasteiger partial charge in [0.2, 0.25) is 0 Å². The van der Waals surface area contributed by atoms with Crippen molar-refractivity contribution in [3.63, 3.8) is 0 Å². The van der Waals surface area contributed by atoms with E-state index in [9.17, 15) is 0 Å². The van der Waals surface area contributed by atoms with E-state index in [4.69, 9.17) is 13.6 Å². The molecular formula is C11H32N3O3Si+3. The van der Waals surface area contributed by atoms with Gasteiger partial charge < -0.3 is 0 Å². The smallest absolute Gasteiger partial charge is 0.192 e. The zero-order chi connectivity index (χ0) is 14.8. The van der Waals surface area contributed by atoms with Crippen molar-refractivity contribution in [1.82, 2.24) is 0 Å². The van der Waals surface area contributed by atoms with Crippen LogP contribution in [0.4, 0.5) is 0 Å². The van der Waals surface area contributed by atoms with E-state index >= 15 is 0 Å². The third kappa shape index (κ3) is 8.14. The normalized spacial score (nSPS) is 15.0. The molecule has 0 aromatic rings. The Hall–Kier alpha value is -0.0231. The van der Waals surface area contributed by atoms with Crippen molar-refractivity contribution in [2.75, 3.05) is 63.4 Å². The first-order valence-electron chi connectivity index (χ1n) is 6.25. The Morgan fingerprint density at radius 2 is 0.833 bits per heavy atom. The van der Waals surface area contributed by atoms with Crippen LogP contribution in [-0.4, -0.2) is 86.2 Å². The van der Waals surface area contributed by atoms with Crippen molar-refractivity contribution in [1.29, 1.82) is 0 Å². The summed E-state index contributed by atoms with van der Waals surface area (Å²) in [5.41, 5.74) is 0. The predicted octanol–water partition coefficient (Wildman–Crippen LogP) is 0.859. The molecule has 0 aliphatic carbocycles. The summed E-state index contributed by atoms with van der Waals surface area (Å²) >= 11 is 0. The lowest BCUT2D eigenvalue weighted by Gasteiger charge is -2.38. The quantitative estimate of drug-likeness (QED) is 0.394. The van der Waals surface area contributed by atoms with Gasteiger partial charge in [-0.1, -0.05) is 6.92 Å². The molecule has 0 bridgehead atoms. The van der Waals surface area contributed by atoms with E-state index in [0.717, 1.165) is 6.04 Å². The van der Waals surface area contributed by atoms with E-state index in [1.807, 2.05) is 70.4 Å². The molecule has 0 atom stereocenters. The fraction of sp³-hybridized carbons (Fsp3) is 1.00. The first-order valence-corrected chi connectivity index (χ1v) is 8.18. The highest BCUT2D eigenvalue weighted by Crippen LogP contribution is 2.23. The molecule has 0 spiro atoms. The molecule has 0 aliphatic rings. The summed E-state index contributed by atoms with van der Waals surface area (Å²) in [7, 11) is 15.0. The summed E-state index contributed by atoms with van der Waals surface area (Å²) in [6.45, 7) is 2.05. The number of quaternary nitrogens is 3. The van der Waals surface area contributed by atoms with Crippen LogP contribution >= 0.6 is 0 Å². The van der Waals surface area contributed by atoms with Gasteiger partial charge in [0, 0.05) is 6.04 Å². The van der Waals surface area contributed by atoms with Crippen molar-refractivity contribution < 1.29 is 27.5 Å². The van der Waals surface area contributed by atoms with Crippen LogP contribution in [0.15, 0.2) is 0 Å². The highest BCUT2D eigenvalue weighted by molar-refractivity contribution is 6.59. The van der Waals surface area contributed by atoms with E-state index in [-0.39, 0.29) is 0 Å². The van der Waals surface area contributed by atoms with Gasteiger partial charge in [0.15, 0.2) is 0 Å². The molecular weight excluding hydrogens is 250 g/mol. The summed E-state index contributed by atoms with van der Waals surface area (Å²) in [5.74, 6) is 0. The van der Waals surface area contributed by atoms with Crippen LogP contribution in [0.5, 0.6) is 0 Å². The molecule has 0 unspecified atom stereocenters. The molecule has 0 amide bonds. The second kappa shape index (κ2) is 5.54. The van der Waals surface area contributed by atoms with Crippen LogP contribution in [0.25, 0.3) is 0 Å². The highest BCUT2D eigenvalue weighted by Gasteiger charge is 2.57. The minimum Gasteiger partial charge on any atom is -0.192 e. The summed E-state index contributed by atoms with van der Waals surface area (Å²) in [5, 5.41) is 0. The van der Waals surface area contributed by atoms with Crippen LogP contribution in [0.2, 0.25) is 6.04 Å².